The van der Waals surface area contributed by atoms with Crippen LogP contribution in [0, 0.1) is 17.8 Å². The van der Waals surface area contributed by atoms with Gasteiger partial charge in [0.05, 0.1) is 30.3 Å². The van der Waals surface area contributed by atoms with Crippen LogP contribution < -0.4 is 0 Å². The van der Waals surface area contributed by atoms with Crippen LogP contribution in [0.15, 0.2) is 35.5 Å². The van der Waals surface area contributed by atoms with Crippen molar-refractivity contribution in [1.29, 1.82) is 0 Å². The zero-order chi connectivity index (χ0) is 27.6. The maximum atomic E-state index is 13.2. The number of carbonyl (C=O) groups excluding carboxylic acids is 4. The SMILES string of the molecule is C=C1C(=O)O[C@H]2[C@H]1[C@H](OC(=O)/C(=C/C)COC(=O)/C(=C/C)CO)C[C@]1(CO1)[C@@H]1[C@H](OC(C)=O)[C@H]3O[C@@]3(C)[C@H]21. The first-order valence-electron chi connectivity index (χ1n) is 12.7. The normalized spacial score (nSPS) is 40.9. The van der Waals surface area contributed by atoms with E-state index in [1.54, 1.807) is 13.8 Å². The van der Waals surface area contributed by atoms with Crippen LogP contribution in [0.25, 0.3) is 0 Å². The number of esters is 4. The number of hydrogen-bond donors (Lipinski definition) is 1. The number of ether oxygens (including phenoxy) is 6. The van der Waals surface area contributed by atoms with Gasteiger partial charge in [0, 0.05) is 30.8 Å². The molecule has 1 spiro atoms. The van der Waals surface area contributed by atoms with Gasteiger partial charge in [0.25, 0.3) is 0 Å². The Morgan fingerprint density at radius 1 is 1.13 bits per heavy atom. The number of epoxide rings is 2. The molecule has 1 N–H and O–H groups in total. The van der Waals surface area contributed by atoms with Crippen molar-refractivity contribution >= 4 is 23.9 Å². The Kier molecular flexibility index (Phi) is 6.52. The van der Waals surface area contributed by atoms with Crippen LogP contribution in [0.1, 0.15) is 34.1 Å². The summed E-state index contributed by atoms with van der Waals surface area (Å²) in [4.78, 5) is 50.0. The molecule has 11 nitrogen and oxygen atoms in total. The Morgan fingerprint density at radius 2 is 1.82 bits per heavy atom. The topological polar surface area (TPSA) is 150 Å². The van der Waals surface area contributed by atoms with Crippen molar-refractivity contribution in [2.24, 2.45) is 17.8 Å². The van der Waals surface area contributed by atoms with E-state index >= 15 is 0 Å². The van der Waals surface area contributed by atoms with Gasteiger partial charge in [-0.1, -0.05) is 18.7 Å². The molecular weight excluding hydrogens is 500 g/mol. The number of aliphatic hydroxyl groups excluding tert-OH is 1. The average molecular weight is 533 g/mol. The fourth-order valence-electron chi connectivity index (χ4n) is 6.58. The van der Waals surface area contributed by atoms with Crippen LogP contribution in [-0.4, -0.2) is 84.4 Å². The Bertz CT molecular complexity index is 1150. The monoisotopic (exact) mass is 532 g/mol. The molecule has 2 saturated carbocycles. The first-order chi connectivity index (χ1) is 18.0. The number of allylic oxidation sites excluding steroid dienone is 2. The van der Waals surface area contributed by atoms with Gasteiger partial charge in [0.1, 0.15) is 42.2 Å². The summed E-state index contributed by atoms with van der Waals surface area (Å²) in [6.45, 7) is 9.89. The fourth-order valence-corrected chi connectivity index (χ4v) is 6.58. The minimum Gasteiger partial charge on any atom is -0.459 e. The lowest BCUT2D eigenvalue weighted by Gasteiger charge is -2.34. The zero-order valence-electron chi connectivity index (χ0n) is 21.8. The van der Waals surface area contributed by atoms with Crippen LogP contribution in [0.5, 0.6) is 0 Å². The lowest BCUT2D eigenvalue weighted by Crippen LogP contribution is -2.45. The summed E-state index contributed by atoms with van der Waals surface area (Å²) in [5, 5.41) is 9.26. The Balaban J connectivity index is 1.41. The van der Waals surface area contributed by atoms with Crippen molar-refractivity contribution in [2.75, 3.05) is 19.8 Å². The maximum absolute atomic E-state index is 13.2. The molecule has 0 radical (unpaired) electrons. The molecule has 0 aromatic carbocycles. The van der Waals surface area contributed by atoms with Gasteiger partial charge >= 0.3 is 23.9 Å². The third-order valence-electron chi connectivity index (χ3n) is 8.59. The largest absolute Gasteiger partial charge is 0.459 e. The predicted molar refractivity (Wildman–Crippen MR) is 127 cm³/mol. The molecule has 11 heteroatoms. The summed E-state index contributed by atoms with van der Waals surface area (Å²) in [5.74, 6) is -3.86. The number of fused-ring (bicyclic) bond motifs is 6. The zero-order valence-corrected chi connectivity index (χ0v) is 21.8. The minimum atomic E-state index is -0.840. The van der Waals surface area contributed by atoms with Crippen molar-refractivity contribution in [2.45, 2.75) is 69.7 Å². The smallest absolute Gasteiger partial charge is 0.337 e. The van der Waals surface area contributed by atoms with E-state index in [4.69, 9.17) is 28.4 Å². The van der Waals surface area contributed by atoms with Gasteiger partial charge in [0.15, 0.2) is 0 Å². The lowest BCUT2D eigenvalue weighted by molar-refractivity contribution is -0.159. The van der Waals surface area contributed by atoms with Gasteiger partial charge in [-0.3, -0.25) is 4.79 Å². The summed E-state index contributed by atoms with van der Waals surface area (Å²) in [6, 6.07) is 0. The first-order valence-corrected chi connectivity index (χ1v) is 12.7. The lowest BCUT2D eigenvalue weighted by atomic mass is 9.76. The van der Waals surface area contributed by atoms with Gasteiger partial charge in [-0.05, 0) is 20.8 Å². The third kappa shape index (κ3) is 4.07. The second-order valence-corrected chi connectivity index (χ2v) is 10.6. The molecular formula is C27H32O11. The second kappa shape index (κ2) is 9.32. The molecule has 3 aliphatic heterocycles. The summed E-state index contributed by atoms with van der Waals surface area (Å²) in [7, 11) is 0. The van der Waals surface area contributed by atoms with Gasteiger partial charge in [-0.25, -0.2) is 14.4 Å². The summed E-state index contributed by atoms with van der Waals surface area (Å²) < 4.78 is 34.6. The van der Waals surface area contributed by atoms with Gasteiger partial charge in [-0.2, -0.15) is 0 Å². The molecule has 206 valence electrons. The number of rotatable bonds is 7. The quantitative estimate of drug-likeness (QED) is 0.216. The second-order valence-electron chi connectivity index (χ2n) is 10.6. The summed E-state index contributed by atoms with van der Waals surface area (Å²) in [6.07, 6.45) is 0.639. The van der Waals surface area contributed by atoms with Crippen molar-refractivity contribution in [3.63, 3.8) is 0 Å². The van der Waals surface area contributed by atoms with Crippen LogP contribution in [0.3, 0.4) is 0 Å². The third-order valence-corrected chi connectivity index (χ3v) is 8.59. The van der Waals surface area contributed by atoms with Crippen LogP contribution in [0.2, 0.25) is 0 Å². The number of hydrogen-bond acceptors (Lipinski definition) is 11. The summed E-state index contributed by atoms with van der Waals surface area (Å²) >= 11 is 0. The highest BCUT2D eigenvalue weighted by Crippen LogP contribution is 2.68. The van der Waals surface area contributed by atoms with Gasteiger partial charge < -0.3 is 33.5 Å². The average Bonchev–Trinajstić information content (AvgIpc) is 3.74. The molecule has 9 atom stereocenters. The fraction of sp³-hybridized carbons (Fsp3) is 0.630. The van der Waals surface area contributed by atoms with E-state index in [2.05, 4.69) is 6.58 Å². The Labute approximate surface area is 219 Å². The van der Waals surface area contributed by atoms with Crippen molar-refractivity contribution in [1.82, 2.24) is 0 Å². The molecule has 3 heterocycles. The number of carbonyl (C=O) groups is 4. The van der Waals surface area contributed by atoms with Crippen LogP contribution in [0.4, 0.5) is 0 Å². The van der Waals surface area contributed by atoms with E-state index in [1.165, 1.54) is 19.1 Å². The highest BCUT2D eigenvalue weighted by Gasteiger charge is 2.82. The first kappa shape index (κ1) is 26.6. The van der Waals surface area contributed by atoms with Crippen LogP contribution >= 0.6 is 0 Å². The maximum Gasteiger partial charge on any atom is 0.337 e. The molecule has 0 amide bonds. The van der Waals surface area contributed by atoms with E-state index in [0.717, 1.165) is 0 Å². The number of aliphatic hydroxyl groups is 1. The summed E-state index contributed by atoms with van der Waals surface area (Å²) in [5.41, 5.74) is -1.11. The molecule has 5 aliphatic rings. The standard InChI is InChI=1S/C27H32O11/c1-6-14(9-28)24(31)33-10-15(7-2)25(32)36-16-8-27(11-34-27)19-18(20-17(16)12(3)23(30)37-20)26(5)22(38-26)21(19)35-13(4)29/h6-7,16-22,28H,3,8-11H2,1-2,4-5H3/b14-6+,15-7+/t16-,17-,18+,19+,20+,21+,22-,26+,27+/m1/s1. The molecule has 3 saturated heterocycles. The molecule has 0 aromatic heterocycles. The highest BCUT2D eigenvalue weighted by molar-refractivity contribution is 5.93. The van der Waals surface area contributed by atoms with E-state index in [1.807, 2.05) is 6.92 Å². The van der Waals surface area contributed by atoms with E-state index in [-0.39, 0.29) is 47.7 Å². The molecule has 5 rings (SSSR count). The van der Waals surface area contributed by atoms with Crippen molar-refractivity contribution < 1.29 is 52.7 Å². The molecule has 5 fully saturated rings. The molecule has 0 bridgehead atoms. The van der Waals surface area contributed by atoms with E-state index in [9.17, 15) is 24.3 Å². The molecule has 38 heavy (non-hydrogen) atoms. The van der Waals surface area contributed by atoms with Crippen molar-refractivity contribution in [3.05, 3.63) is 35.5 Å². The molecule has 0 aromatic rings. The van der Waals surface area contributed by atoms with E-state index < -0.39 is 65.9 Å². The minimum absolute atomic E-state index is 0.0640. The van der Waals surface area contributed by atoms with Gasteiger partial charge in [0.2, 0.25) is 0 Å². The van der Waals surface area contributed by atoms with E-state index in [0.29, 0.717) is 6.61 Å². The molecule has 2 aliphatic carbocycles. The molecule has 0 unspecified atom stereocenters. The Hall–Kier alpha value is -3.02. The predicted octanol–water partition coefficient (Wildman–Crippen LogP) is 0.932. The van der Waals surface area contributed by atoms with Crippen molar-refractivity contribution in [3.8, 4) is 0 Å². The van der Waals surface area contributed by atoms with Gasteiger partial charge in [-0.15, -0.1) is 0 Å². The van der Waals surface area contributed by atoms with Crippen LogP contribution in [-0.2, 0) is 47.6 Å². The Morgan fingerprint density at radius 3 is 2.39 bits per heavy atom. The highest BCUT2D eigenvalue weighted by atomic mass is 16.7.